The van der Waals surface area contributed by atoms with Crippen LogP contribution >= 0.6 is 11.8 Å². The highest BCUT2D eigenvalue weighted by atomic mass is 32.2. The second-order valence-corrected chi connectivity index (χ2v) is 5.94. The molecule has 0 aliphatic carbocycles. The van der Waals surface area contributed by atoms with Crippen molar-refractivity contribution in [1.29, 1.82) is 0 Å². The lowest BCUT2D eigenvalue weighted by Crippen LogP contribution is -2.35. The Balaban J connectivity index is 2.18. The van der Waals surface area contributed by atoms with Crippen LogP contribution in [0.3, 0.4) is 0 Å². The monoisotopic (exact) mass is 292 g/mol. The lowest BCUT2D eigenvalue weighted by molar-refractivity contribution is 0.0711. The standard InChI is InChI=1S/C15H20N2O2S/c1-10(6-7-20-3)17(2)15(18)14-9-11-8-12(16)4-5-13(11)19-14/h4-5,8-10H,6-7,16H2,1-3H3. The van der Waals surface area contributed by atoms with E-state index in [1.54, 1.807) is 34.9 Å². The van der Waals surface area contributed by atoms with E-state index in [1.807, 2.05) is 13.1 Å². The van der Waals surface area contributed by atoms with Crippen LogP contribution < -0.4 is 5.73 Å². The van der Waals surface area contributed by atoms with Gasteiger partial charge in [-0.05, 0) is 49.6 Å². The first kappa shape index (κ1) is 14.8. The summed E-state index contributed by atoms with van der Waals surface area (Å²) < 4.78 is 5.61. The minimum atomic E-state index is -0.0895. The smallest absolute Gasteiger partial charge is 0.289 e. The maximum absolute atomic E-state index is 12.4. The number of anilines is 1. The fourth-order valence-electron chi connectivity index (χ4n) is 2.02. The molecule has 0 saturated heterocycles. The molecule has 5 heteroatoms. The van der Waals surface area contributed by atoms with Gasteiger partial charge in [0.05, 0.1) is 0 Å². The molecule has 1 aromatic carbocycles. The highest BCUT2D eigenvalue weighted by Gasteiger charge is 2.20. The zero-order chi connectivity index (χ0) is 14.7. The molecule has 2 rings (SSSR count). The van der Waals surface area contributed by atoms with Gasteiger partial charge >= 0.3 is 0 Å². The van der Waals surface area contributed by atoms with Crippen LogP contribution in [0.1, 0.15) is 23.9 Å². The highest BCUT2D eigenvalue weighted by Crippen LogP contribution is 2.23. The fraction of sp³-hybridized carbons (Fsp3) is 0.400. The number of thioether (sulfide) groups is 1. The van der Waals surface area contributed by atoms with E-state index in [1.165, 1.54) is 0 Å². The highest BCUT2D eigenvalue weighted by molar-refractivity contribution is 7.98. The van der Waals surface area contributed by atoms with Crippen LogP contribution in [0.25, 0.3) is 11.0 Å². The number of amides is 1. The molecule has 0 radical (unpaired) electrons. The molecule has 1 unspecified atom stereocenters. The summed E-state index contributed by atoms with van der Waals surface area (Å²) in [7, 11) is 1.81. The molecule has 0 aliphatic heterocycles. The Hall–Kier alpha value is -1.62. The summed E-state index contributed by atoms with van der Waals surface area (Å²) in [5, 5.41) is 0.860. The minimum absolute atomic E-state index is 0.0895. The first-order valence-electron chi connectivity index (χ1n) is 6.58. The quantitative estimate of drug-likeness (QED) is 0.860. The number of carbonyl (C=O) groups excluding carboxylic acids is 1. The van der Waals surface area contributed by atoms with E-state index in [-0.39, 0.29) is 11.9 Å². The Labute approximate surface area is 123 Å². The molecular weight excluding hydrogens is 272 g/mol. The molecule has 20 heavy (non-hydrogen) atoms. The summed E-state index contributed by atoms with van der Waals surface area (Å²) in [6.45, 7) is 2.05. The van der Waals surface area contributed by atoms with Crippen molar-refractivity contribution in [1.82, 2.24) is 4.90 Å². The number of carbonyl (C=O) groups is 1. The molecule has 0 spiro atoms. The van der Waals surface area contributed by atoms with Gasteiger partial charge in [0.15, 0.2) is 5.76 Å². The maximum Gasteiger partial charge on any atom is 0.289 e. The zero-order valence-electron chi connectivity index (χ0n) is 12.1. The zero-order valence-corrected chi connectivity index (χ0v) is 12.9. The van der Waals surface area contributed by atoms with Gasteiger partial charge in [-0.3, -0.25) is 4.79 Å². The van der Waals surface area contributed by atoms with E-state index in [9.17, 15) is 4.79 Å². The molecule has 1 aromatic heterocycles. The SMILES string of the molecule is CSCCC(C)N(C)C(=O)c1cc2cc(N)ccc2o1. The molecule has 0 fully saturated rings. The Morgan fingerprint density at radius 2 is 2.20 bits per heavy atom. The van der Waals surface area contributed by atoms with Crippen molar-refractivity contribution in [2.24, 2.45) is 0 Å². The molecular formula is C15H20N2O2S. The Morgan fingerprint density at radius 1 is 1.45 bits per heavy atom. The van der Waals surface area contributed by atoms with Crippen molar-refractivity contribution in [3.8, 4) is 0 Å². The van der Waals surface area contributed by atoms with E-state index >= 15 is 0 Å². The summed E-state index contributed by atoms with van der Waals surface area (Å²) in [6.07, 6.45) is 3.04. The van der Waals surface area contributed by atoms with Crippen molar-refractivity contribution in [2.45, 2.75) is 19.4 Å². The maximum atomic E-state index is 12.4. The van der Waals surface area contributed by atoms with Gasteiger partial charge in [-0.1, -0.05) is 0 Å². The van der Waals surface area contributed by atoms with Gasteiger partial charge in [-0.15, -0.1) is 0 Å². The number of nitrogens with zero attached hydrogens (tertiary/aromatic N) is 1. The summed E-state index contributed by atoms with van der Waals surface area (Å²) in [5.74, 6) is 1.31. The molecule has 0 saturated carbocycles. The van der Waals surface area contributed by atoms with Crippen molar-refractivity contribution in [3.63, 3.8) is 0 Å². The van der Waals surface area contributed by atoms with Crippen LogP contribution in [0.4, 0.5) is 5.69 Å². The number of benzene rings is 1. The third kappa shape index (κ3) is 3.10. The molecule has 1 atom stereocenters. The van der Waals surface area contributed by atoms with Crippen LogP contribution in [-0.2, 0) is 0 Å². The number of fused-ring (bicyclic) bond motifs is 1. The van der Waals surface area contributed by atoms with Gasteiger partial charge in [0.25, 0.3) is 5.91 Å². The average molecular weight is 292 g/mol. The van der Waals surface area contributed by atoms with Crippen LogP contribution in [0.15, 0.2) is 28.7 Å². The predicted octanol–water partition coefficient (Wildman–Crippen LogP) is 3.23. The minimum Gasteiger partial charge on any atom is -0.451 e. The van der Waals surface area contributed by atoms with Gasteiger partial charge in [0, 0.05) is 24.2 Å². The Bertz CT molecular complexity index is 609. The summed E-state index contributed by atoms with van der Waals surface area (Å²) in [5.41, 5.74) is 7.09. The first-order valence-corrected chi connectivity index (χ1v) is 7.97. The first-order chi connectivity index (χ1) is 9.52. The summed E-state index contributed by atoms with van der Waals surface area (Å²) in [6, 6.07) is 7.32. The third-order valence-electron chi connectivity index (χ3n) is 3.47. The van der Waals surface area contributed by atoms with Gasteiger partial charge < -0.3 is 15.1 Å². The van der Waals surface area contributed by atoms with Crippen LogP contribution in [-0.4, -0.2) is 35.9 Å². The van der Waals surface area contributed by atoms with Crippen LogP contribution in [0.5, 0.6) is 0 Å². The van der Waals surface area contributed by atoms with Crippen LogP contribution in [0, 0.1) is 0 Å². The Morgan fingerprint density at radius 3 is 2.90 bits per heavy atom. The number of hydrogen-bond donors (Lipinski definition) is 1. The number of furan rings is 1. The van der Waals surface area contributed by atoms with Gasteiger partial charge in [0.1, 0.15) is 5.58 Å². The second-order valence-electron chi connectivity index (χ2n) is 4.95. The van der Waals surface area contributed by atoms with E-state index < -0.39 is 0 Å². The average Bonchev–Trinajstić information content (AvgIpc) is 2.85. The molecule has 2 N–H and O–H groups in total. The summed E-state index contributed by atoms with van der Waals surface area (Å²) >= 11 is 1.79. The predicted molar refractivity (Wildman–Crippen MR) is 85.2 cm³/mol. The normalized spacial score (nSPS) is 12.6. The topological polar surface area (TPSA) is 59.5 Å². The van der Waals surface area contributed by atoms with E-state index in [0.29, 0.717) is 17.0 Å². The van der Waals surface area contributed by atoms with Crippen molar-refractivity contribution >= 4 is 34.3 Å². The largest absolute Gasteiger partial charge is 0.451 e. The lowest BCUT2D eigenvalue weighted by atomic mass is 10.2. The van der Waals surface area contributed by atoms with E-state index in [2.05, 4.69) is 13.2 Å². The van der Waals surface area contributed by atoms with Gasteiger partial charge in [-0.2, -0.15) is 11.8 Å². The van der Waals surface area contributed by atoms with E-state index in [4.69, 9.17) is 10.2 Å². The van der Waals surface area contributed by atoms with E-state index in [0.717, 1.165) is 17.6 Å². The molecule has 0 aliphatic rings. The Kier molecular flexibility index (Phi) is 4.60. The molecule has 0 bridgehead atoms. The number of nitrogens with two attached hydrogens (primary N) is 1. The van der Waals surface area contributed by atoms with Gasteiger partial charge in [0.2, 0.25) is 0 Å². The summed E-state index contributed by atoms with van der Waals surface area (Å²) in [4.78, 5) is 14.1. The second kappa shape index (κ2) is 6.22. The van der Waals surface area contributed by atoms with Gasteiger partial charge in [-0.25, -0.2) is 0 Å². The number of nitrogen functional groups attached to an aromatic ring is 1. The molecule has 1 heterocycles. The molecule has 2 aromatic rings. The fourth-order valence-corrected chi connectivity index (χ4v) is 2.60. The third-order valence-corrected chi connectivity index (χ3v) is 4.12. The van der Waals surface area contributed by atoms with Crippen molar-refractivity contribution in [2.75, 3.05) is 24.8 Å². The van der Waals surface area contributed by atoms with Crippen LogP contribution in [0.2, 0.25) is 0 Å². The van der Waals surface area contributed by atoms with Crippen molar-refractivity contribution in [3.05, 3.63) is 30.0 Å². The molecule has 4 nitrogen and oxygen atoms in total. The molecule has 1 amide bonds. The molecule has 108 valence electrons. The number of hydrogen-bond acceptors (Lipinski definition) is 4. The lowest BCUT2D eigenvalue weighted by Gasteiger charge is -2.23. The number of rotatable bonds is 5. The van der Waals surface area contributed by atoms with Crippen molar-refractivity contribution < 1.29 is 9.21 Å².